The number of carbonyl (C=O) groups excluding carboxylic acids is 2. The van der Waals surface area contributed by atoms with Gasteiger partial charge < -0.3 is 16.0 Å². The van der Waals surface area contributed by atoms with Gasteiger partial charge in [-0.05, 0) is 48.0 Å². The van der Waals surface area contributed by atoms with E-state index in [1.54, 1.807) is 42.9 Å². The molecule has 0 saturated carbocycles. The fourth-order valence-electron chi connectivity index (χ4n) is 3.61. The van der Waals surface area contributed by atoms with Crippen LogP contribution in [0.5, 0.6) is 0 Å². The first-order chi connectivity index (χ1) is 16.2. The van der Waals surface area contributed by atoms with Crippen molar-refractivity contribution in [3.63, 3.8) is 0 Å². The molecule has 1 aliphatic heterocycles. The number of fused-ring (bicyclic) bond motifs is 3. The lowest BCUT2D eigenvalue weighted by atomic mass is 10.1. The Balaban J connectivity index is 1.31. The molecular formula is C25H20N6O2. The lowest BCUT2D eigenvalue weighted by Gasteiger charge is -2.11. The first-order valence-electron chi connectivity index (χ1n) is 10.4. The number of nitrogens with one attached hydrogen (secondary N) is 3. The van der Waals surface area contributed by atoms with E-state index < -0.39 is 0 Å². The van der Waals surface area contributed by atoms with Gasteiger partial charge in [-0.3, -0.25) is 14.6 Å². The third-order valence-corrected chi connectivity index (χ3v) is 5.28. The number of pyridine rings is 1. The van der Waals surface area contributed by atoms with Crippen molar-refractivity contribution >= 4 is 29.1 Å². The highest BCUT2D eigenvalue weighted by atomic mass is 16.2. The van der Waals surface area contributed by atoms with Gasteiger partial charge >= 0.3 is 0 Å². The molecule has 8 nitrogen and oxygen atoms in total. The second-order valence-corrected chi connectivity index (χ2v) is 7.58. The van der Waals surface area contributed by atoms with Crippen molar-refractivity contribution in [3.8, 4) is 11.3 Å². The normalized spacial score (nSPS) is 12.1. The SMILES string of the molecule is O=C1Cc2cnc(Nc3ccc(C(=O)NCc4ccncc4)cc3)nc2-c2ccccc2N1. The van der Waals surface area contributed by atoms with Crippen molar-refractivity contribution in [2.24, 2.45) is 0 Å². The number of amides is 2. The summed E-state index contributed by atoms with van der Waals surface area (Å²) in [6, 6.07) is 18.4. The van der Waals surface area contributed by atoms with Crippen molar-refractivity contribution in [1.29, 1.82) is 0 Å². The molecular weight excluding hydrogens is 416 g/mol. The summed E-state index contributed by atoms with van der Waals surface area (Å²) in [5, 5.41) is 8.97. The van der Waals surface area contributed by atoms with Crippen LogP contribution in [-0.4, -0.2) is 26.8 Å². The van der Waals surface area contributed by atoms with E-state index in [0.717, 1.165) is 28.1 Å². The molecule has 162 valence electrons. The molecule has 3 N–H and O–H groups in total. The van der Waals surface area contributed by atoms with Gasteiger partial charge in [0.25, 0.3) is 5.91 Å². The number of carbonyl (C=O) groups is 2. The Hall–Kier alpha value is -4.59. The van der Waals surface area contributed by atoms with E-state index >= 15 is 0 Å². The Morgan fingerprint density at radius 2 is 1.79 bits per heavy atom. The lowest BCUT2D eigenvalue weighted by Crippen LogP contribution is -2.22. The van der Waals surface area contributed by atoms with Crippen molar-refractivity contribution in [2.75, 3.05) is 10.6 Å². The van der Waals surface area contributed by atoms with Crippen LogP contribution >= 0.6 is 0 Å². The summed E-state index contributed by atoms with van der Waals surface area (Å²) in [4.78, 5) is 37.6. The summed E-state index contributed by atoms with van der Waals surface area (Å²) < 4.78 is 0. The van der Waals surface area contributed by atoms with Crippen LogP contribution in [-0.2, 0) is 17.8 Å². The van der Waals surface area contributed by atoms with E-state index in [0.29, 0.717) is 23.8 Å². The van der Waals surface area contributed by atoms with Crippen LogP contribution in [0.3, 0.4) is 0 Å². The number of para-hydroxylation sites is 1. The maximum absolute atomic E-state index is 12.4. The van der Waals surface area contributed by atoms with E-state index in [2.05, 4.69) is 30.9 Å². The van der Waals surface area contributed by atoms with Gasteiger partial charge in [-0.15, -0.1) is 0 Å². The molecule has 33 heavy (non-hydrogen) atoms. The molecule has 0 fully saturated rings. The van der Waals surface area contributed by atoms with Gasteiger partial charge in [-0.1, -0.05) is 18.2 Å². The number of rotatable bonds is 5. The zero-order chi connectivity index (χ0) is 22.6. The van der Waals surface area contributed by atoms with Gasteiger partial charge in [0.1, 0.15) is 0 Å². The standard InChI is InChI=1S/C25H20N6O2/c32-22-13-18-15-28-25(31-23(18)20-3-1-2-4-21(20)30-22)29-19-7-5-17(6-8-19)24(33)27-14-16-9-11-26-12-10-16/h1-12,15H,13-14H2,(H,27,33)(H,30,32)(H,28,29,31). The fraction of sp³-hybridized carbons (Fsp3) is 0.0800. The Bertz CT molecular complexity index is 1320. The molecule has 3 heterocycles. The summed E-state index contributed by atoms with van der Waals surface area (Å²) in [5.74, 6) is 0.157. The first-order valence-corrected chi connectivity index (χ1v) is 10.4. The summed E-state index contributed by atoms with van der Waals surface area (Å²) in [6.45, 7) is 0.434. The molecule has 1 aliphatic rings. The smallest absolute Gasteiger partial charge is 0.251 e. The van der Waals surface area contributed by atoms with E-state index in [9.17, 15) is 9.59 Å². The predicted octanol–water partition coefficient (Wildman–Crippen LogP) is 3.71. The quantitative estimate of drug-likeness (QED) is 0.440. The van der Waals surface area contributed by atoms with Crippen molar-refractivity contribution in [2.45, 2.75) is 13.0 Å². The number of anilines is 3. The van der Waals surface area contributed by atoms with E-state index in [1.807, 2.05) is 36.4 Å². The molecule has 2 amide bonds. The Morgan fingerprint density at radius 3 is 2.61 bits per heavy atom. The molecule has 0 atom stereocenters. The molecule has 2 aromatic carbocycles. The van der Waals surface area contributed by atoms with Crippen molar-refractivity contribution in [3.05, 3.63) is 95.9 Å². The molecule has 0 bridgehead atoms. The minimum atomic E-state index is -0.159. The summed E-state index contributed by atoms with van der Waals surface area (Å²) in [7, 11) is 0. The monoisotopic (exact) mass is 436 g/mol. The van der Waals surface area contributed by atoms with Gasteiger partial charge in [-0.2, -0.15) is 0 Å². The van der Waals surface area contributed by atoms with Crippen LogP contribution in [0.25, 0.3) is 11.3 Å². The minimum absolute atomic E-state index is 0.0942. The molecule has 0 unspecified atom stereocenters. The Labute approximate surface area is 190 Å². The highest BCUT2D eigenvalue weighted by Crippen LogP contribution is 2.32. The Morgan fingerprint density at radius 1 is 1.00 bits per heavy atom. The number of nitrogens with zero attached hydrogens (tertiary/aromatic N) is 3. The van der Waals surface area contributed by atoms with Gasteiger partial charge in [0.15, 0.2) is 0 Å². The second kappa shape index (κ2) is 8.88. The third-order valence-electron chi connectivity index (χ3n) is 5.28. The average molecular weight is 436 g/mol. The zero-order valence-corrected chi connectivity index (χ0v) is 17.6. The third kappa shape index (κ3) is 4.54. The number of aromatic nitrogens is 3. The highest BCUT2D eigenvalue weighted by Gasteiger charge is 2.20. The highest BCUT2D eigenvalue weighted by molar-refractivity contribution is 6.00. The number of benzene rings is 2. The van der Waals surface area contributed by atoms with Gasteiger partial charge in [0, 0.05) is 47.5 Å². The summed E-state index contributed by atoms with van der Waals surface area (Å²) in [6.07, 6.45) is 5.28. The van der Waals surface area contributed by atoms with Gasteiger partial charge in [0.05, 0.1) is 17.8 Å². The van der Waals surface area contributed by atoms with E-state index in [-0.39, 0.29) is 18.2 Å². The first kappa shape index (κ1) is 20.3. The van der Waals surface area contributed by atoms with Crippen LogP contribution in [0.15, 0.2) is 79.3 Å². The maximum Gasteiger partial charge on any atom is 0.251 e. The number of hydrogen-bond acceptors (Lipinski definition) is 6. The second-order valence-electron chi connectivity index (χ2n) is 7.58. The largest absolute Gasteiger partial charge is 0.348 e. The van der Waals surface area contributed by atoms with Crippen molar-refractivity contribution in [1.82, 2.24) is 20.3 Å². The van der Waals surface area contributed by atoms with Crippen LogP contribution in [0.1, 0.15) is 21.5 Å². The molecule has 4 aromatic rings. The van der Waals surface area contributed by atoms with E-state index in [4.69, 9.17) is 0 Å². The van der Waals surface area contributed by atoms with Crippen LogP contribution in [0.2, 0.25) is 0 Å². The molecule has 0 saturated heterocycles. The predicted molar refractivity (Wildman–Crippen MR) is 125 cm³/mol. The molecule has 8 heteroatoms. The van der Waals surface area contributed by atoms with E-state index in [1.165, 1.54) is 0 Å². The average Bonchev–Trinajstić information content (AvgIpc) is 2.99. The molecule has 0 radical (unpaired) electrons. The fourth-order valence-corrected chi connectivity index (χ4v) is 3.61. The van der Waals surface area contributed by atoms with Crippen LogP contribution in [0, 0.1) is 0 Å². The molecule has 5 rings (SSSR count). The van der Waals surface area contributed by atoms with Gasteiger partial charge in [0.2, 0.25) is 11.9 Å². The molecule has 0 aliphatic carbocycles. The molecule has 2 aromatic heterocycles. The van der Waals surface area contributed by atoms with Crippen LogP contribution < -0.4 is 16.0 Å². The molecule has 0 spiro atoms. The topological polar surface area (TPSA) is 109 Å². The summed E-state index contributed by atoms with van der Waals surface area (Å²) in [5.41, 5.74) is 5.35. The number of hydrogen-bond donors (Lipinski definition) is 3. The minimum Gasteiger partial charge on any atom is -0.348 e. The summed E-state index contributed by atoms with van der Waals surface area (Å²) >= 11 is 0. The van der Waals surface area contributed by atoms with Crippen molar-refractivity contribution < 1.29 is 9.59 Å². The zero-order valence-electron chi connectivity index (χ0n) is 17.6. The Kier molecular flexibility index (Phi) is 5.47. The lowest BCUT2D eigenvalue weighted by molar-refractivity contribution is -0.115. The maximum atomic E-state index is 12.4. The van der Waals surface area contributed by atoms with Crippen LogP contribution in [0.4, 0.5) is 17.3 Å². The van der Waals surface area contributed by atoms with Gasteiger partial charge in [-0.25, -0.2) is 9.97 Å².